The zero-order valence-electron chi connectivity index (χ0n) is 11.3. The molecule has 0 atom stereocenters. The van der Waals surface area contributed by atoms with Gasteiger partial charge >= 0.3 is 0 Å². The summed E-state index contributed by atoms with van der Waals surface area (Å²) in [6, 6.07) is 7.56. The molecule has 106 valence electrons. The summed E-state index contributed by atoms with van der Waals surface area (Å²) in [5.41, 5.74) is 7.37. The predicted molar refractivity (Wildman–Crippen MR) is 75.4 cm³/mol. The van der Waals surface area contributed by atoms with Gasteiger partial charge in [-0.1, -0.05) is 29.4 Å². The SMILES string of the molecule is Cn1cnnc1CCNCc1ccccc1C(N)=NO. The van der Waals surface area contributed by atoms with Gasteiger partial charge in [0.05, 0.1) is 0 Å². The molecular formula is C13H18N6O. The molecule has 1 aromatic heterocycles. The summed E-state index contributed by atoms with van der Waals surface area (Å²) in [5, 5.41) is 23.0. The van der Waals surface area contributed by atoms with Gasteiger partial charge in [-0.15, -0.1) is 10.2 Å². The molecule has 7 heteroatoms. The van der Waals surface area contributed by atoms with Gasteiger partial charge in [0.2, 0.25) is 0 Å². The topological polar surface area (TPSA) is 101 Å². The molecule has 0 fully saturated rings. The first-order valence-electron chi connectivity index (χ1n) is 6.31. The van der Waals surface area contributed by atoms with E-state index in [1.165, 1.54) is 0 Å². The molecule has 20 heavy (non-hydrogen) atoms. The number of aryl methyl sites for hydroxylation is 1. The van der Waals surface area contributed by atoms with Crippen LogP contribution in [-0.4, -0.2) is 32.4 Å². The zero-order chi connectivity index (χ0) is 14.4. The Morgan fingerprint density at radius 2 is 2.25 bits per heavy atom. The summed E-state index contributed by atoms with van der Waals surface area (Å²) in [4.78, 5) is 0. The summed E-state index contributed by atoms with van der Waals surface area (Å²) in [5.74, 6) is 1.05. The molecule has 0 aliphatic heterocycles. The summed E-state index contributed by atoms with van der Waals surface area (Å²) in [7, 11) is 1.92. The molecule has 0 radical (unpaired) electrons. The quantitative estimate of drug-likeness (QED) is 0.230. The van der Waals surface area contributed by atoms with Crippen molar-refractivity contribution in [3.63, 3.8) is 0 Å². The lowest BCUT2D eigenvalue weighted by molar-refractivity contribution is 0.318. The molecular weight excluding hydrogens is 256 g/mol. The lowest BCUT2D eigenvalue weighted by Gasteiger charge is -2.09. The molecule has 0 unspecified atom stereocenters. The molecule has 0 aliphatic carbocycles. The first kappa shape index (κ1) is 14.0. The van der Waals surface area contributed by atoms with E-state index in [4.69, 9.17) is 10.9 Å². The monoisotopic (exact) mass is 274 g/mol. The number of nitrogens with zero attached hydrogens (tertiary/aromatic N) is 4. The lowest BCUT2D eigenvalue weighted by Crippen LogP contribution is -2.22. The predicted octanol–water partition coefficient (Wildman–Crippen LogP) is 0.242. The largest absolute Gasteiger partial charge is 0.409 e. The first-order chi connectivity index (χ1) is 9.72. The van der Waals surface area contributed by atoms with E-state index in [-0.39, 0.29) is 5.84 Å². The van der Waals surface area contributed by atoms with Crippen LogP contribution in [0.1, 0.15) is 17.0 Å². The third-order valence-corrected chi connectivity index (χ3v) is 3.05. The van der Waals surface area contributed by atoms with Crippen LogP contribution < -0.4 is 11.1 Å². The van der Waals surface area contributed by atoms with Crippen molar-refractivity contribution in [1.29, 1.82) is 0 Å². The molecule has 1 heterocycles. The van der Waals surface area contributed by atoms with Crippen molar-refractivity contribution in [3.05, 3.63) is 47.5 Å². The average molecular weight is 274 g/mol. The number of aromatic nitrogens is 3. The number of nitrogens with one attached hydrogen (secondary N) is 1. The summed E-state index contributed by atoms with van der Waals surface area (Å²) >= 11 is 0. The van der Waals surface area contributed by atoms with Gasteiger partial charge < -0.3 is 20.8 Å². The Morgan fingerprint density at radius 3 is 2.95 bits per heavy atom. The fourth-order valence-corrected chi connectivity index (χ4v) is 1.93. The fourth-order valence-electron chi connectivity index (χ4n) is 1.93. The molecule has 0 amide bonds. The molecule has 0 saturated heterocycles. The van der Waals surface area contributed by atoms with Gasteiger partial charge in [0.25, 0.3) is 0 Å². The highest BCUT2D eigenvalue weighted by Gasteiger charge is 2.06. The highest BCUT2D eigenvalue weighted by Crippen LogP contribution is 2.08. The second kappa shape index (κ2) is 6.67. The fraction of sp³-hybridized carbons (Fsp3) is 0.308. The van der Waals surface area contributed by atoms with Crippen LogP contribution in [0.4, 0.5) is 0 Å². The second-order valence-corrected chi connectivity index (χ2v) is 4.43. The van der Waals surface area contributed by atoms with E-state index in [0.29, 0.717) is 6.54 Å². The average Bonchev–Trinajstić information content (AvgIpc) is 2.88. The zero-order valence-corrected chi connectivity index (χ0v) is 11.3. The summed E-state index contributed by atoms with van der Waals surface area (Å²) in [6.45, 7) is 1.42. The van der Waals surface area contributed by atoms with Crippen LogP contribution in [0.2, 0.25) is 0 Å². The molecule has 2 rings (SSSR count). The molecule has 2 aromatic rings. The maximum atomic E-state index is 8.76. The first-order valence-corrected chi connectivity index (χ1v) is 6.31. The molecule has 4 N–H and O–H groups in total. The van der Waals surface area contributed by atoms with E-state index in [0.717, 1.165) is 29.9 Å². The van der Waals surface area contributed by atoms with E-state index in [1.54, 1.807) is 6.33 Å². The Labute approximate surface area is 117 Å². The number of amidine groups is 1. The van der Waals surface area contributed by atoms with Crippen LogP contribution in [0, 0.1) is 0 Å². The van der Waals surface area contributed by atoms with Gasteiger partial charge in [-0.25, -0.2) is 0 Å². The number of nitrogens with two attached hydrogens (primary N) is 1. The Kier molecular flexibility index (Phi) is 4.67. The number of hydrogen-bond donors (Lipinski definition) is 3. The van der Waals surface area contributed by atoms with Crippen LogP contribution in [0.3, 0.4) is 0 Å². The van der Waals surface area contributed by atoms with Crippen molar-refractivity contribution < 1.29 is 5.21 Å². The van der Waals surface area contributed by atoms with Crippen LogP contribution in [-0.2, 0) is 20.0 Å². The van der Waals surface area contributed by atoms with Gasteiger partial charge in [-0.05, 0) is 5.56 Å². The molecule has 7 nitrogen and oxygen atoms in total. The number of oxime groups is 1. The number of hydrogen-bond acceptors (Lipinski definition) is 5. The van der Waals surface area contributed by atoms with Gasteiger partial charge in [0.1, 0.15) is 12.2 Å². The van der Waals surface area contributed by atoms with Crippen molar-refractivity contribution >= 4 is 5.84 Å². The Hall–Kier alpha value is -2.41. The van der Waals surface area contributed by atoms with E-state index in [9.17, 15) is 0 Å². The Balaban J connectivity index is 1.90. The van der Waals surface area contributed by atoms with Gasteiger partial charge in [-0.3, -0.25) is 0 Å². The minimum absolute atomic E-state index is 0.121. The molecule has 0 bridgehead atoms. The Morgan fingerprint density at radius 1 is 1.45 bits per heavy atom. The van der Waals surface area contributed by atoms with Crippen molar-refractivity contribution in [1.82, 2.24) is 20.1 Å². The van der Waals surface area contributed by atoms with E-state index < -0.39 is 0 Å². The van der Waals surface area contributed by atoms with Crippen LogP contribution in [0.5, 0.6) is 0 Å². The normalized spacial score (nSPS) is 11.8. The second-order valence-electron chi connectivity index (χ2n) is 4.43. The summed E-state index contributed by atoms with van der Waals surface area (Å²) < 4.78 is 1.89. The van der Waals surface area contributed by atoms with Crippen molar-refractivity contribution in [3.8, 4) is 0 Å². The van der Waals surface area contributed by atoms with Gasteiger partial charge in [0.15, 0.2) is 5.84 Å². The molecule has 1 aromatic carbocycles. The van der Waals surface area contributed by atoms with Crippen molar-refractivity contribution in [2.24, 2.45) is 17.9 Å². The maximum absolute atomic E-state index is 8.76. The number of rotatable bonds is 6. The summed E-state index contributed by atoms with van der Waals surface area (Å²) in [6.07, 6.45) is 2.48. The van der Waals surface area contributed by atoms with E-state index >= 15 is 0 Å². The highest BCUT2D eigenvalue weighted by atomic mass is 16.4. The molecule has 0 aliphatic rings. The Bertz CT molecular complexity index is 592. The van der Waals surface area contributed by atoms with Gasteiger partial charge in [0, 0.05) is 32.1 Å². The van der Waals surface area contributed by atoms with E-state index in [2.05, 4.69) is 20.7 Å². The molecule has 0 saturated carbocycles. The third kappa shape index (κ3) is 3.33. The van der Waals surface area contributed by atoms with Gasteiger partial charge in [-0.2, -0.15) is 0 Å². The smallest absolute Gasteiger partial charge is 0.170 e. The van der Waals surface area contributed by atoms with Crippen LogP contribution >= 0.6 is 0 Å². The van der Waals surface area contributed by atoms with Crippen LogP contribution in [0.25, 0.3) is 0 Å². The molecule has 0 spiro atoms. The van der Waals surface area contributed by atoms with Crippen LogP contribution in [0.15, 0.2) is 35.7 Å². The maximum Gasteiger partial charge on any atom is 0.170 e. The number of benzene rings is 1. The van der Waals surface area contributed by atoms with Crippen molar-refractivity contribution in [2.45, 2.75) is 13.0 Å². The van der Waals surface area contributed by atoms with Crippen molar-refractivity contribution in [2.75, 3.05) is 6.54 Å². The lowest BCUT2D eigenvalue weighted by atomic mass is 10.1. The standard InChI is InChI=1S/C13H18N6O/c1-19-9-16-17-12(19)6-7-15-8-10-4-2-3-5-11(10)13(14)18-20/h2-5,9,15,20H,6-8H2,1H3,(H2,14,18). The minimum Gasteiger partial charge on any atom is -0.409 e. The van der Waals surface area contributed by atoms with E-state index in [1.807, 2.05) is 35.9 Å². The minimum atomic E-state index is 0.121. The highest BCUT2D eigenvalue weighted by molar-refractivity contribution is 5.98. The third-order valence-electron chi connectivity index (χ3n) is 3.05.